The number of esters is 1. The Balaban J connectivity index is 1.18. The molecule has 6 bridgehead atoms. The summed E-state index contributed by atoms with van der Waals surface area (Å²) in [5, 5.41) is 9.42. The number of carbonyl (C=O) groups excluding carboxylic acids is 1. The van der Waals surface area contributed by atoms with Gasteiger partial charge in [-0.1, -0.05) is 40.7 Å². The molecule has 0 aromatic heterocycles. The number of halogens is 1. The van der Waals surface area contributed by atoms with Crippen molar-refractivity contribution in [3.63, 3.8) is 0 Å². The Hall–Kier alpha value is -1.33. The maximum Gasteiger partial charge on any atom is 0.338 e. The number of ether oxygens (including phenoxy) is 6. The van der Waals surface area contributed by atoms with Gasteiger partial charge in [-0.3, -0.25) is 0 Å². The second-order valence-corrected chi connectivity index (χ2v) is 11.6. The summed E-state index contributed by atoms with van der Waals surface area (Å²) in [6.07, 6.45) is 2.84. The van der Waals surface area contributed by atoms with Gasteiger partial charge in [0.05, 0.1) is 23.9 Å². The molecule has 7 rings (SSSR count). The summed E-state index contributed by atoms with van der Waals surface area (Å²) in [6.45, 7) is 4.05. The lowest BCUT2D eigenvalue weighted by atomic mass is 9.87. The second-order valence-electron chi connectivity index (χ2n) is 10.5. The summed E-state index contributed by atoms with van der Waals surface area (Å²) in [7, 11) is 0. The van der Waals surface area contributed by atoms with Gasteiger partial charge < -0.3 is 33.5 Å². The van der Waals surface area contributed by atoms with Crippen LogP contribution in [-0.2, 0) is 28.4 Å². The maximum absolute atomic E-state index is 12.7. The molecule has 1 aromatic carbocycles. The highest BCUT2D eigenvalue weighted by molar-refractivity contribution is 9.11. The van der Waals surface area contributed by atoms with Crippen molar-refractivity contribution in [2.75, 3.05) is 6.61 Å². The van der Waals surface area contributed by atoms with Crippen LogP contribution in [0.2, 0.25) is 0 Å². The van der Waals surface area contributed by atoms with E-state index in [1.54, 1.807) is 12.1 Å². The Morgan fingerprint density at radius 3 is 2.58 bits per heavy atom. The summed E-state index contributed by atoms with van der Waals surface area (Å²) in [6, 6.07) is 8.99. The quantitative estimate of drug-likeness (QED) is 0.454. The van der Waals surface area contributed by atoms with Crippen molar-refractivity contribution in [1.29, 1.82) is 0 Å². The average Bonchev–Trinajstić information content (AvgIpc) is 3.28. The van der Waals surface area contributed by atoms with Crippen LogP contribution in [0.5, 0.6) is 0 Å². The first-order chi connectivity index (χ1) is 17.4. The molecule has 1 N–H and O–H groups in total. The molecule has 8 nitrogen and oxygen atoms in total. The summed E-state index contributed by atoms with van der Waals surface area (Å²) in [5.74, 6) is -1.21. The van der Waals surface area contributed by atoms with E-state index in [0.717, 1.165) is 17.3 Å². The van der Waals surface area contributed by atoms with Crippen molar-refractivity contribution >= 4 is 21.9 Å². The second kappa shape index (κ2) is 10.1. The topological polar surface area (TPSA) is 92.7 Å². The number of rotatable bonds is 9. The zero-order valence-electron chi connectivity index (χ0n) is 20.1. The maximum atomic E-state index is 12.7. The summed E-state index contributed by atoms with van der Waals surface area (Å²) in [4.78, 5) is 12.7. The van der Waals surface area contributed by atoms with Crippen molar-refractivity contribution in [2.24, 2.45) is 0 Å². The molecular formula is C27H33BrO8. The van der Waals surface area contributed by atoms with Crippen LogP contribution in [0.3, 0.4) is 0 Å². The zero-order chi connectivity index (χ0) is 24.9. The highest BCUT2D eigenvalue weighted by Crippen LogP contribution is 2.54. The number of carbonyl (C=O) groups is 1. The van der Waals surface area contributed by atoms with Gasteiger partial charge in [0.1, 0.15) is 36.6 Å². The summed E-state index contributed by atoms with van der Waals surface area (Å²) < 4.78 is 39.2. The van der Waals surface area contributed by atoms with Gasteiger partial charge >= 0.3 is 5.97 Å². The molecule has 196 valence electrons. The smallest absolute Gasteiger partial charge is 0.338 e. The van der Waals surface area contributed by atoms with Crippen LogP contribution in [0.1, 0.15) is 55.3 Å². The minimum atomic E-state index is -0.847. The number of aliphatic hydroxyl groups is 1. The molecular weight excluding hydrogens is 532 g/mol. The third-order valence-corrected chi connectivity index (χ3v) is 8.38. The molecule has 6 saturated heterocycles. The first-order valence-electron chi connectivity index (χ1n) is 13.0. The molecule has 6 aliphatic heterocycles. The molecule has 10 atom stereocenters. The van der Waals surface area contributed by atoms with Gasteiger partial charge in [0, 0.05) is 25.9 Å². The standard InChI is InChI=1S/C27H33BrO8/c1-15(28)13-18(32-26(30)16-5-3-2-4-6-16)9-11-27-14-20-22(35-27)23-24(34-20)25(36-27)21-19(33-23)8-7-17(31-21)10-12-29/h2-6,17-25,29H,1,7-14H2/t17?,18-,19?,20?,21+,22?,23+,24-,25?,27+/m1/s1. The Morgan fingerprint density at radius 2 is 1.81 bits per heavy atom. The van der Waals surface area contributed by atoms with E-state index in [-0.39, 0.29) is 67.5 Å². The van der Waals surface area contributed by atoms with Gasteiger partial charge in [-0.25, -0.2) is 4.79 Å². The van der Waals surface area contributed by atoms with Crippen molar-refractivity contribution in [1.82, 2.24) is 0 Å². The number of benzene rings is 1. The van der Waals surface area contributed by atoms with Crippen LogP contribution < -0.4 is 0 Å². The molecule has 6 heterocycles. The molecule has 0 radical (unpaired) electrons. The fourth-order valence-electron chi connectivity index (χ4n) is 6.46. The van der Waals surface area contributed by atoms with Gasteiger partial charge in [0.2, 0.25) is 0 Å². The third kappa shape index (κ3) is 4.68. The highest BCUT2D eigenvalue weighted by Gasteiger charge is 2.68. The van der Waals surface area contributed by atoms with Crippen LogP contribution in [0.25, 0.3) is 0 Å². The highest BCUT2D eigenvalue weighted by atomic mass is 79.9. The van der Waals surface area contributed by atoms with Crippen LogP contribution >= 0.6 is 15.9 Å². The number of aliphatic hydroxyl groups excluding tert-OH is 1. The monoisotopic (exact) mass is 564 g/mol. The van der Waals surface area contributed by atoms with Crippen LogP contribution in [0, 0.1) is 0 Å². The van der Waals surface area contributed by atoms with Crippen LogP contribution in [0.15, 0.2) is 41.4 Å². The van der Waals surface area contributed by atoms with Gasteiger partial charge in [-0.05, 0) is 42.3 Å². The van der Waals surface area contributed by atoms with E-state index in [1.165, 1.54) is 0 Å². The largest absolute Gasteiger partial charge is 0.458 e. The normalized spacial score (nSPS) is 40.9. The lowest BCUT2D eigenvalue weighted by molar-refractivity contribution is -0.293. The molecule has 0 amide bonds. The minimum Gasteiger partial charge on any atom is -0.458 e. The van der Waals surface area contributed by atoms with Gasteiger partial charge in [-0.15, -0.1) is 0 Å². The van der Waals surface area contributed by atoms with E-state index in [9.17, 15) is 9.90 Å². The lowest BCUT2D eigenvalue weighted by Crippen LogP contribution is -2.61. The van der Waals surface area contributed by atoms with E-state index in [4.69, 9.17) is 28.4 Å². The van der Waals surface area contributed by atoms with Crippen molar-refractivity contribution in [2.45, 2.75) is 106 Å². The Labute approximate surface area is 219 Å². The van der Waals surface area contributed by atoms with Crippen molar-refractivity contribution in [3.05, 3.63) is 47.0 Å². The van der Waals surface area contributed by atoms with E-state index in [2.05, 4.69) is 22.5 Å². The molecule has 6 aliphatic rings. The first kappa shape index (κ1) is 25.0. The molecule has 0 aliphatic carbocycles. The summed E-state index contributed by atoms with van der Waals surface area (Å²) in [5.41, 5.74) is 0.516. The molecule has 6 fully saturated rings. The third-order valence-electron chi connectivity index (χ3n) is 8.06. The SMILES string of the molecule is C=C(Br)C[C@@H](CC[C@@]12CC3O[C@H]4C(O1)[C@H]1OC(CCO)CCC1O[C@H]4C3O2)OC(=O)c1ccccc1. The molecule has 9 heteroatoms. The number of fused-ring (bicyclic) bond motifs is 1. The average molecular weight is 565 g/mol. The Morgan fingerprint density at radius 1 is 1.06 bits per heavy atom. The molecule has 36 heavy (non-hydrogen) atoms. The van der Waals surface area contributed by atoms with Gasteiger partial charge in [-0.2, -0.15) is 0 Å². The Kier molecular flexibility index (Phi) is 7.00. The molecule has 1 aromatic rings. The number of hydrogen-bond acceptors (Lipinski definition) is 8. The van der Waals surface area contributed by atoms with Gasteiger partial charge in [0.25, 0.3) is 0 Å². The molecule has 0 spiro atoms. The minimum absolute atomic E-state index is 0.0148. The van der Waals surface area contributed by atoms with Crippen LogP contribution in [-0.4, -0.2) is 78.4 Å². The van der Waals surface area contributed by atoms with E-state index >= 15 is 0 Å². The first-order valence-corrected chi connectivity index (χ1v) is 13.8. The van der Waals surface area contributed by atoms with Crippen molar-refractivity contribution < 1.29 is 38.3 Å². The lowest BCUT2D eigenvalue weighted by Gasteiger charge is -2.47. The fraction of sp³-hybridized carbons (Fsp3) is 0.667. The van der Waals surface area contributed by atoms with Gasteiger partial charge in [0.15, 0.2) is 5.79 Å². The molecule has 5 unspecified atom stereocenters. The number of hydrogen-bond donors (Lipinski definition) is 1. The summed E-state index contributed by atoms with van der Waals surface area (Å²) >= 11 is 3.43. The predicted molar refractivity (Wildman–Crippen MR) is 132 cm³/mol. The fourth-order valence-corrected chi connectivity index (χ4v) is 6.82. The van der Waals surface area contributed by atoms with E-state index < -0.39 is 5.79 Å². The van der Waals surface area contributed by atoms with Crippen LogP contribution in [0.4, 0.5) is 0 Å². The predicted octanol–water partition coefficient (Wildman–Crippen LogP) is 3.64. The van der Waals surface area contributed by atoms with E-state index in [0.29, 0.717) is 37.7 Å². The van der Waals surface area contributed by atoms with Crippen molar-refractivity contribution in [3.8, 4) is 0 Å². The van der Waals surface area contributed by atoms with E-state index in [1.807, 2.05) is 18.2 Å². The molecule has 0 saturated carbocycles. The zero-order valence-corrected chi connectivity index (χ0v) is 21.7. The Bertz CT molecular complexity index is 974.